The van der Waals surface area contributed by atoms with Gasteiger partial charge in [-0.1, -0.05) is 101 Å². The van der Waals surface area contributed by atoms with E-state index in [0.29, 0.717) is 5.92 Å². The Morgan fingerprint density at radius 1 is 0.774 bits per heavy atom. The van der Waals surface area contributed by atoms with Gasteiger partial charge in [0.05, 0.1) is 5.92 Å². The Hall–Kier alpha value is -3.12. The molecule has 6 rings (SSSR count). The SMILES string of the molecule is CC.CCC(C)C1=Cc2ccc3c(ccc4cc5ccccc5cc43)c2[C]2C=CC=C21. The fraction of sp³-hybridized carbons (Fsp3) is 0.194. The normalized spacial score (nSPS) is 15.9. The van der Waals surface area contributed by atoms with Crippen molar-refractivity contribution >= 4 is 38.4 Å². The zero-order valence-electron chi connectivity index (χ0n) is 18.9. The average Bonchev–Trinajstić information content (AvgIpc) is 3.32. The molecule has 153 valence electrons. The molecule has 2 aliphatic rings. The van der Waals surface area contributed by atoms with Crippen molar-refractivity contribution in [3.8, 4) is 0 Å². The van der Waals surface area contributed by atoms with E-state index in [9.17, 15) is 0 Å². The van der Waals surface area contributed by atoms with E-state index in [4.69, 9.17) is 0 Å². The fourth-order valence-corrected chi connectivity index (χ4v) is 5.03. The highest BCUT2D eigenvalue weighted by Gasteiger charge is 2.30. The molecule has 4 aromatic carbocycles. The lowest BCUT2D eigenvalue weighted by Gasteiger charge is -2.29. The average molecular weight is 402 g/mol. The summed E-state index contributed by atoms with van der Waals surface area (Å²) in [4.78, 5) is 0. The summed E-state index contributed by atoms with van der Waals surface area (Å²) in [6, 6.07) is 22.6. The zero-order valence-corrected chi connectivity index (χ0v) is 18.9. The highest BCUT2D eigenvalue weighted by Crippen LogP contribution is 2.47. The van der Waals surface area contributed by atoms with Crippen molar-refractivity contribution in [3.05, 3.63) is 107 Å². The smallest absolute Gasteiger partial charge is 0.0572 e. The van der Waals surface area contributed by atoms with Crippen LogP contribution in [0.1, 0.15) is 45.2 Å². The van der Waals surface area contributed by atoms with Crippen LogP contribution in [0.2, 0.25) is 0 Å². The maximum absolute atomic E-state index is 2.43. The molecule has 2 aliphatic carbocycles. The first-order valence-electron chi connectivity index (χ1n) is 11.6. The van der Waals surface area contributed by atoms with Crippen molar-refractivity contribution in [2.75, 3.05) is 0 Å². The van der Waals surface area contributed by atoms with Crippen LogP contribution < -0.4 is 0 Å². The summed E-state index contributed by atoms with van der Waals surface area (Å²) >= 11 is 0. The van der Waals surface area contributed by atoms with Gasteiger partial charge in [-0.25, -0.2) is 0 Å². The second-order valence-electron chi connectivity index (χ2n) is 8.37. The molecular formula is C31H29. The Kier molecular flexibility index (Phi) is 5.02. The van der Waals surface area contributed by atoms with Crippen molar-refractivity contribution in [2.45, 2.75) is 34.1 Å². The molecule has 0 aromatic heterocycles. The number of hydrogen-bond donors (Lipinski definition) is 0. The molecule has 0 nitrogen and oxygen atoms in total. The van der Waals surface area contributed by atoms with Gasteiger partial charge in [0, 0.05) is 0 Å². The highest BCUT2D eigenvalue weighted by atomic mass is 14.3. The van der Waals surface area contributed by atoms with Gasteiger partial charge >= 0.3 is 0 Å². The second kappa shape index (κ2) is 7.85. The van der Waals surface area contributed by atoms with Crippen molar-refractivity contribution < 1.29 is 0 Å². The summed E-state index contributed by atoms with van der Waals surface area (Å²) in [7, 11) is 0. The molecule has 0 bridgehead atoms. The predicted molar refractivity (Wildman–Crippen MR) is 137 cm³/mol. The molecule has 31 heavy (non-hydrogen) atoms. The Balaban J connectivity index is 0.000000994. The molecule has 1 radical (unpaired) electrons. The van der Waals surface area contributed by atoms with Gasteiger partial charge in [0.2, 0.25) is 0 Å². The molecular weight excluding hydrogens is 372 g/mol. The summed E-state index contributed by atoms with van der Waals surface area (Å²) < 4.78 is 0. The number of allylic oxidation sites excluding steroid dienone is 5. The molecule has 0 N–H and O–H groups in total. The van der Waals surface area contributed by atoms with Gasteiger partial charge in [-0.05, 0) is 79.1 Å². The molecule has 0 amide bonds. The fourth-order valence-electron chi connectivity index (χ4n) is 5.03. The topological polar surface area (TPSA) is 0 Å². The third kappa shape index (κ3) is 3.05. The van der Waals surface area contributed by atoms with E-state index >= 15 is 0 Å². The van der Waals surface area contributed by atoms with Gasteiger partial charge in [0.1, 0.15) is 0 Å². The second-order valence-corrected chi connectivity index (χ2v) is 8.37. The van der Waals surface area contributed by atoms with Gasteiger partial charge in [0.25, 0.3) is 0 Å². The molecule has 0 heteroatoms. The quantitative estimate of drug-likeness (QED) is 0.232. The number of fused-ring (bicyclic) bond motifs is 8. The predicted octanol–water partition coefficient (Wildman–Crippen LogP) is 9.03. The Labute approximate surface area is 185 Å². The van der Waals surface area contributed by atoms with E-state index in [0.717, 1.165) is 6.42 Å². The van der Waals surface area contributed by atoms with E-state index in [-0.39, 0.29) is 0 Å². The lowest BCUT2D eigenvalue weighted by Crippen LogP contribution is -2.13. The van der Waals surface area contributed by atoms with Gasteiger partial charge in [-0.2, -0.15) is 0 Å². The van der Waals surface area contributed by atoms with Crippen LogP contribution in [0.5, 0.6) is 0 Å². The molecule has 4 aromatic rings. The van der Waals surface area contributed by atoms with E-state index in [1.54, 1.807) is 0 Å². The zero-order chi connectivity index (χ0) is 21.5. The third-order valence-electron chi connectivity index (χ3n) is 6.77. The van der Waals surface area contributed by atoms with Crippen molar-refractivity contribution in [3.63, 3.8) is 0 Å². The van der Waals surface area contributed by atoms with Crippen LogP contribution in [0, 0.1) is 11.8 Å². The largest absolute Gasteiger partial charge is 0.0683 e. The molecule has 0 saturated heterocycles. The summed E-state index contributed by atoms with van der Waals surface area (Å²) in [5, 5.41) is 7.96. The Morgan fingerprint density at radius 3 is 2.29 bits per heavy atom. The van der Waals surface area contributed by atoms with Crippen molar-refractivity contribution in [1.82, 2.24) is 0 Å². The monoisotopic (exact) mass is 401 g/mol. The molecule has 0 saturated carbocycles. The first-order chi connectivity index (χ1) is 15.2. The molecule has 0 spiro atoms. The van der Waals surface area contributed by atoms with Gasteiger partial charge in [0.15, 0.2) is 0 Å². The molecule has 0 heterocycles. The van der Waals surface area contributed by atoms with Crippen LogP contribution in [0.3, 0.4) is 0 Å². The molecule has 0 aliphatic heterocycles. The van der Waals surface area contributed by atoms with Crippen LogP contribution >= 0.6 is 0 Å². The van der Waals surface area contributed by atoms with E-state index < -0.39 is 0 Å². The summed E-state index contributed by atoms with van der Waals surface area (Å²) in [5.74, 6) is 1.96. The van der Waals surface area contributed by atoms with Crippen molar-refractivity contribution in [1.29, 1.82) is 0 Å². The highest BCUT2D eigenvalue weighted by molar-refractivity contribution is 6.14. The van der Waals surface area contributed by atoms with Gasteiger partial charge < -0.3 is 0 Å². The lowest BCUT2D eigenvalue weighted by molar-refractivity contribution is 0.665. The molecule has 1 unspecified atom stereocenters. The summed E-state index contributed by atoms with van der Waals surface area (Å²) in [6.45, 7) is 8.62. The first-order valence-corrected chi connectivity index (χ1v) is 11.6. The number of rotatable bonds is 2. The minimum atomic E-state index is 0.572. The van der Waals surface area contributed by atoms with E-state index in [2.05, 4.69) is 98.8 Å². The van der Waals surface area contributed by atoms with Gasteiger partial charge in [-0.3, -0.25) is 0 Å². The Bertz CT molecular complexity index is 1390. The standard InChI is InChI=1S/C29H23.C2H6/c1-3-18(2)27-17-22-12-13-24-26(29(22)25-10-6-9-23(25)27)14-11-21-15-19-7-4-5-8-20(19)16-28(21)24;1-2/h4-18H,3H2,1-2H3;1-2H3. The number of hydrogen-bond acceptors (Lipinski definition) is 0. The van der Waals surface area contributed by atoms with Crippen molar-refractivity contribution in [2.24, 2.45) is 5.92 Å². The maximum Gasteiger partial charge on any atom is 0.0572 e. The molecule has 0 fully saturated rings. The minimum Gasteiger partial charge on any atom is -0.0683 e. The van der Waals surface area contributed by atoms with Crippen LogP contribution in [0.15, 0.2) is 90.0 Å². The Morgan fingerprint density at radius 2 is 1.52 bits per heavy atom. The lowest BCUT2D eigenvalue weighted by atomic mass is 9.74. The molecule has 1 atom stereocenters. The minimum absolute atomic E-state index is 0.572. The van der Waals surface area contributed by atoms with Crippen LogP contribution in [-0.2, 0) is 0 Å². The van der Waals surface area contributed by atoms with Crippen LogP contribution in [-0.4, -0.2) is 0 Å². The third-order valence-corrected chi connectivity index (χ3v) is 6.77. The summed E-state index contributed by atoms with van der Waals surface area (Å²) in [6.07, 6.45) is 10.4. The maximum atomic E-state index is 2.43. The first kappa shape index (κ1) is 19.8. The van der Waals surface area contributed by atoms with E-state index in [1.165, 1.54) is 60.5 Å². The van der Waals surface area contributed by atoms with Crippen LogP contribution in [0.4, 0.5) is 0 Å². The van der Waals surface area contributed by atoms with E-state index in [1.807, 2.05) is 13.8 Å². The summed E-state index contributed by atoms with van der Waals surface area (Å²) in [5.41, 5.74) is 5.64. The van der Waals surface area contributed by atoms with Gasteiger partial charge in [-0.15, -0.1) is 0 Å². The number of benzene rings is 4. The van der Waals surface area contributed by atoms with Crippen LogP contribution in [0.25, 0.3) is 38.4 Å².